The summed E-state index contributed by atoms with van der Waals surface area (Å²) in [6.45, 7) is 0. The zero-order valence-electron chi connectivity index (χ0n) is 19.8. The van der Waals surface area contributed by atoms with Crippen LogP contribution in [0.4, 0.5) is 13.2 Å². The third-order valence-electron chi connectivity index (χ3n) is 5.86. The van der Waals surface area contributed by atoms with Crippen LogP contribution in [0.25, 0.3) is 16.9 Å². The molecule has 1 aromatic heterocycles. The molecule has 0 spiro atoms. The highest BCUT2D eigenvalue weighted by molar-refractivity contribution is 7.89. The van der Waals surface area contributed by atoms with Gasteiger partial charge in [0.1, 0.15) is 18.3 Å². The second-order valence-corrected chi connectivity index (χ2v) is 10.1. The number of sulfonamides is 1. The largest absolute Gasteiger partial charge is 0.479 e. The van der Waals surface area contributed by atoms with Crippen molar-refractivity contribution in [2.24, 2.45) is 5.14 Å². The van der Waals surface area contributed by atoms with Crippen molar-refractivity contribution in [1.82, 2.24) is 9.78 Å². The summed E-state index contributed by atoms with van der Waals surface area (Å²) in [5.41, 5.74) is -1.31. The van der Waals surface area contributed by atoms with Crippen LogP contribution in [-0.4, -0.2) is 81.3 Å². The van der Waals surface area contributed by atoms with Crippen molar-refractivity contribution in [1.29, 1.82) is 0 Å². The first-order chi connectivity index (χ1) is 18.6. The van der Waals surface area contributed by atoms with Gasteiger partial charge in [0.2, 0.25) is 16.3 Å². The van der Waals surface area contributed by atoms with Crippen LogP contribution in [0.15, 0.2) is 59.5 Å². The maximum Gasteiger partial charge on any atom is 0.435 e. The lowest BCUT2D eigenvalue weighted by Gasteiger charge is -2.37. The first kappa shape index (κ1) is 29.1. The third kappa shape index (κ3) is 5.83. The molecule has 40 heavy (non-hydrogen) atoms. The Hall–Kier alpha value is -3.87. The number of hydrogen-bond acceptors (Lipinski definition) is 10. The number of carboxylic acids is 1. The molecule has 4 rings (SSSR count). The Labute approximate surface area is 222 Å². The number of alkyl halides is 3. The summed E-state index contributed by atoms with van der Waals surface area (Å²) in [6, 6.07) is 10.1. The fourth-order valence-corrected chi connectivity index (χ4v) is 4.31. The molecule has 3 aromatic rings. The van der Waals surface area contributed by atoms with Crippen molar-refractivity contribution in [3.63, 3.8) is 0 Å². The van der Waals surface area contributed by atoms with E-state index < -0.39 is 64.5 Å². The van der Waals surface area contributed by atoms with Crippen LogP contribution in [0.1, 0.15) is 16.1 Å². The van der Waals surface area contributed by atoms with Crippen LogP contribution in [-0.2, 0) is 30.5 Å². The third-order valence-corrected chi connectivity index (χ3v) is 6.79. The molecule has 2 aromatic carbocycles. The van der Waals surface area contributed by atoms with Gasteiger partial charge in [-0.25, -0.2) is 27.8 Å². The summed E-state index contributed by atoms with van der Waals surface area (Å²) in [7, 11) is -4.06. The molecule has 5 unspecified atom stereocenters. The van der Waals surface area contributed by atoms with E-state index in [4.69, 9.17) is 19.7 Å². The number of aliphatic hydroxyl groups is 3. The van der Waals surface area contributed by atoms with Crippen LogP contribution in [0.2, 0.25) is 0 Å². The monoisotopic (exact) mass is 587 g/mol. The van der Waals surface area contributed by atoms with Crippen molar-refractivity contribution in [2.75, 3.05) is 0 Å². The van der Waals surface area contributed by atoms with Crippen molar-refractivity contribution < 1.29 is 61.1 Å². The number of halogens is 3. The smallest absolute Gasteiger partial charge is 0.435 e. The molecule has 13 nitrogen and oxygen atoms in total. The summed E-state index contributed by atoms with van der Waals surface area (Å²) in [6.07, 6.45) is -14.8. The standard InChI is InChI=1S/C23H20F3N3O10S/c24-23(25,26)15-9-14(29(28-15)12-5-7-13(8-6-12)40(27,36)37)10-1-3-11(4-2-10)21(35)39-22-18(32)16(30)17(31)19(38-22)20(33)34/h1-9,16-19,22,30-32H,(H,33,34)(H2,27,36,37). The van der Waals surface area contributed by atoms with E-state index in [9.17, 15) is 46.5 Å². The van der Waals surface area contributed by atoms with Crippen LogP contribution >= 0.6 is 0 Å². The minimum Gasteiger partial charge on any atom is -0.479 e. The molecule has 1 fully saturated rings. The molecule has 0 amide bonds. The van der Waals surface area contributed by atoms with Gasteiger partial charge in [-0.3, -0.25) is 0 Å². The van der Waals surface area contributed by atoms with Crippen LogP contribution in [0, 0.1) is 0 Å². The molecule has 5 atom stereocenters. The second-order valence-electron chi connectivity index (χ2n) is 8.58. The normalized spacial score (nSPS) is 23.5. The molecule has 0 radical (unpaired) electrons. The number of aromatic nitrogens is 2. The van der Waals surface area contributed by atoms with Gasteiger partial charge in [0.15, 0.2) is 11.8 Å². The minimum absolute atomic E-state index is 0.0681. The van der Waals surface area contributed by atoms with Crippen LogP contribution < -0.4 is 5.14 Å². The highest BCUT2D eigenvalue weighted by atomic mass is 32.2. The van der Waals surface area contributed by atoms with E-state index in [0.717, 1.165) is 35.0 Å². The number of aliphatic carboxylic acids is 1. The average Bonchev–Trinajstić information content (AvgIpc) is 3.35. The number of primary sulfonamides is 1. The van der Waals surface area contributed by atoms with Crippen molar-refractivity contribution in [3.8, 4) is 16.9 Å². The Balaban J connectivity index is 1.61. The number of ether oxygens (including phenoxy) is 2. The predicted molar refractivity (Wildman–Crippen MR) is 125 cm³/mol. The summed E-state index contributed by atoms with van der Waals surface area (Å²) >= 11 is 0. The van der Waals surface area contributed by atoms with Crippen LogP contribution in [0.5, 0.6) is 0 Å². The van der Waals surface area contributed by atoms with E-state index in [0.29, 0.717) is 0 Å². The Morgan fingerprint density at radius 3 is 2.10 bits per heavy atom. The first-order valence-corrected chi connectivity index (χ1v) is 12.7. The van der Waals surface area contributed by atoms with Gasteiger partial charge in [0.05, 0.1) is 21.8 Å². The molecular weight excluding hydrogens is 567 g/mol. The summed E-state index contributed by atoms with van der Waals surface area (Å²) in [4.78, 5) is 23.5. The molecule has 1 saturated heterocycles. The van der Waals surface area contributed by atoms with E-state index in [1.807, 2.05) is 0 Å². The number of carbonyl (C=O) groups is 2. The Bertz CT molecular complexity index is 1520. The van der Waals surface area contributed by atoms with Crippen molar-refractivity contribution in [2.45, 2.75) is 41.8 Å². The second kappa shape index (κ2) is 10.6. The van der Waals surface area contributed by atoms with Gasteiger partial charge in [0.25, 0.3) is 0 Å². The average molecular weight is 587 g/mol. The van der Waals surface area contributed by atoms with Gasteiger partial charge in [-0.05, 0) is 42.5 Å². The van der Waals surface area contributed by atoms with Gasteiger partial charge in [0, 0.05) is 5.56 Å². The Morgan fingerprint density at radius 2 is 1.57 bits per heavy atom. The van der Waals surface area contributed by atoms with Crippen molar-refractivity contribution >= 4 is 22.0 Å². The molecule has 6 N–H and O–H groups in total. The molecule has 0 saturated carbocycles. The minimum atomic E-state index is -4.82. The van der Waals surface area contributed by atoms with E-state index >= 15 is 0 Å². The molecule has 17 heteroatoms. The highest BCUT2D eigenvalue weighted by Gasteiger charge is 2.48. The number of nitrogens with two attached hydrogens (primary N) is 1. The number of esters is 1. The lowest BCUT2D eigenvalue weighted by Crippen LogP contribution is -2.60. The molecule has 0 aliphatic carbocycles. The van der Waals surface area contributed by atoms with Gasteiger partial charge in [-0.2, -0.15) is 18.3 Å². The number of rotatable bonds is 6. The van der Waals surface area contributed by atoms with Crippen molar-refractivity contribution in [3.05, 3.63) is 65.9 Å². The van der Waals surface area contributed by atoms with E-state index in [1.165, 1.54) is 24.3 Å². The molecule has 214 valence electrons. The lowest BCUT2D eigenvalue weighted by atomic mass is 9.99. The number of carbonyl (C=O) groups excluding carboxylic acids is 1. The zero-order valence-corrected chi connectivity index (χ0v) is 20.7. The van der Waals surface area contributed by atoms with Gasteiger partial charge in [-0.15, -0.1) is 0 Å². The number of nitrogens with zero attached hydrogens (tertiary/aromatic N) is 2. The fourth-order valence-electron chi connectivity index (χ4n) is 3.80. The predicted octanol–water partition coefficient (Wildman–Crippen LogP) is 0.254. The van der Waals surface area contributed by atoms with Gasteiger partial charge >= 0.3 is 18.1 Å². The number of benzene rings is 2. The summed E-state index contributed by atoms with van der Waals surface area (Å²) in [5.74, 6) is -2.83. The quantitative estimate of drug-likeness (QED) is 0.247. The molecular formula is C23H20F3N3O10S. The van der Waals surface area contributed by atoms with E-state index in [-0.39, 0.29) is 27.4 Å². The molecule has 2 heterocycles. The van der Waals surface area contributed by atoms with Gasteiger partial charge < -0.3 is 29.9 Å². The summed E-state index contributed by atoms with van der Waals surface area (Å²) < 4.78 is 74.1. The first-order valence-electron chi connectivity index (χ1n) is 11.1. The molecule has 1 aliphatic heterocycles. The number of aliphatic hydroxyl groups excluding tert-OH is 3. The van der Waals surface area contributed by atoms with Gasteiger partial charge in [-0.1, -0.05) is 12.1 Å². The maximum absolute atomic E-state index is 13.5. The SMILES string of the molecule is NS(=O)(=O)c1ccc(-n2nc(C(F)(F)F)cc2-c2ccc(C(=O)OC3OC(C(=O)O)C(O)C(O)C3O)cc2)cc1. The topological polar surface area (TPSA) is 211 Å². The molecule has 0 bridgehead atoms. The maximum atomic E-state index is 13.5. The fraction of sp³-hybridized carbons (Fsp3) is 0.261. The van der Waals surface area contributed by atoms with E-state index in [1.54, 1.807) is 0 Å². The number of hydrogen-bond donors (Lipinski definition) is 5. The van der Waals surface area contributed by atoms with Crippen LogP contribution in [0.3, 0.4) is 0 Å². The molecule has 1 aliphatic rings. The summed E-state index contributed by atoms with van der Waals surface area (Å²) in [5, 5.41) is 47.3. The zero-order chi connectivity index (χ0) is 29.6. The Kier molecular flexibility index (Phi) is 7.72. The van der Waals surface area contributed by atoms with E-state index in [2.05, 4.69) is 5.10 Å². The Morgan fingerprint density at radius 1 is 0.975 bits per heavy atom. The highest BCUT2D eigenvalue weighted by Crippen LogP contribution is 2.33. The lowest BCUT2D eigenvalue weighted by molar-refractivity contribution is -0.278. The number of carboxylic acid groups (broad SMARTS) is 1.